The maximum atomic E-state index is 13.3. The fourth-order valence-corrected chi connectivity index (χ4v) is 4.46. The van der Waals surface area contributed by atoms with Crippen LogP contribution in [0.1, 0.15) is 56.1 Å². The molecule has 154 valence electrons. The summed E-state index contributed by atoms with van der Waals surface area (Å²) in [4.78, 5) is 26.4. The third-order valence-electron chi connectivity index (χ3n) is 5.79. The second-order valence-corrected chi connectivity index (χ2v) is 9.70. The van der Waals surface area contributed by atoms with Gasteiger partial charge in [-0.3, -0.25) is 14.3 Å². The van der Waals surface area contributed by atoms with E-state index in [4.69, 9.17) is 0 Å². The number of anilines is 1. The highest BCUT2D eigenvalue weighted by Gasteiger charge is 2.48. The van der Waals surface area contributed by atoms with E-state index in [0.717, 1.165) is 34.9 Å². The molecule has 2 aliphatic rings. The average Bonchev–Trinajstić information content (AvgIpc) is 3.62. The van der Waals surface area contributed by atoms with Gasteiger partial charge in [0.05, 0.1) is 0 Å². The summed E-state index contributed by atoms with van der Waals surface area (Å²) in [5.74, 6) is 0.915. The summed E-state index contributed by atoms with van der Waals surface area (Å²) in [5.41, 5.74) is 1.25. The molecule has 2 amide bonds. The number of carbonyl (C=O) groups excluding carboxylic acids is 2. The van der Waals surface area contributed by atoms with Crippen molar-refractivity contribution in [1.82, 2.24) is 15.1 Å². The van der Waals surface area contributed by atoms with Crippen LogP contribution in [0.3, 0.4) is 0 Å². The molecule has 4 rings (SSSR count). The van der Waals surface area contributed by atoms with E-state index in [-0.39, 0.29) is 23.8 Å². The highest BCUT2D eigenvalue weighted by molar-refractivity contribution is 14.1. The van der Waals surface area contributed by atoms with Crippen LogP contribution < -0.4 is 10.6 Å². The SMILES string of the molecule is CC(C)n1nccc1C(=O)NC(C(=O)Nc1ccc(I)cc1)C(C1CC1)C1CC1. The van der Waals surface area contributed by atoms with Crippen LogP contribution in [0.25, 0.3) is 0 Å². The molecule has 2 aromatic rings. The number of nitrogens with one attached hydrogen (secondary N) is 2. The lowest BCUT2D eigenvalue weighted by atomic mass is 9.88. The molecule has 0 bridgehead atoms. The summed E-state index contributed by atoms with van der Waals surface area (Å²) < 4.78 is 2.81. The Labute approximate surface area is 185 Å². The number of benzene rings is 1. The van der Waals surface area contributed by atoms with Gasteiger partial charge in [0.15, 0.2) is 0 Å². The van der Waals surface area contributed by atoms with Crippen molar-refractivity contribution >= 4 is 40.1 Å². The summed E-state index contributed by atoms with van der Waals surface area (Å²) in [7, 11) is 0. The maximum Gasteiger partial charge on any atom is 0.270 e. The normalized spacial score (nSPS) is 17.4. The molecule has 29 heavy (non-hydrogen) atoms. The number of nitrogens with zero attached hydrogens (tertiary/aromatic N) is 2. The summed E-state index contributed by atoms with van der Waals surface area (Å²) in [5, 5.41) is 10.4. The van der Waals surface area contributed by atoms with Crippen LogP contribution in [-0.4, -0.2) is 27.6 Å². The lowest BCUT2D eigenvalue weighted by molar-refractivity contribution is -0.119. The lowest BCUT2D eigenvalue weighted by Crippen LogP contribution is -2.50. The van der Waals surface area contributed by atoms with E-state index < -0.39 is 6.04 Å². The molecule has 0 radical (unpaired) electrons. The summed E-state index contributed by atoms with van der Waals surface area (Å²) in [6.07, 6.45) is 6.22. The van der Waals surface area contributed by atoms with Crippen molar-refractivity contribution in [3.8, 4) is 0 Å². The van der Waals surface area contributed by atoms with Crippen LogP contribution in [-0.2, 0) is 4.79 Å². The number of amides is 2. The van der Waals surface area contributed by atoms with E-state index in [1.807, 2.05) is 38.1 Å². The Morgan fingerprint density at radius 1 is 1.07 bits per heavy atom. The van der Waals surface area contributed by atoms with Crippen LogP contribution >= 0.6 is 22.6 Å². The van der Waals surface area contributed by atoms with Gasteiger partial charge < -0.3 is 10.6 Å². The molecule has 0 spiro atoms. The van der Waals surface area contributed by atoms with Crippen LogP contribution in [0, 0.1) is 21.3 Å². The number of hydrogen-bond donors (Lipinski definition) is 2. The molecule has 0 saturated heterocycles. The highest BCUT2D eigenvalue weighted by Crippen LogP contribution is 2.50. The van der Waals surface area contributed by atoms with E-state index in [9.17, 15) is 9.59 Å². The molecule has 1 aromatic heterocycles. The molecule has 7 heteroatoms. The molecule has 2 fully saturated rings. The lowest BCUT2D eigenvalue weighted by Gasteiger charge is -2.27. The third-order valence-corrected chi connectivity index (χ3v) is 6.51. The summed E-state index contributed by atoms with van der Waals surface area (Å²) >= 11 is 2.24. The van der Waals surface area contributed by atoms with Gasteiger partial charge in [-0.2, -0.15) is 5.10 Å². The van der Waals surface area contributed by atoms with Crippen LogP contribution in [0.5, 0.6) is 0 Å². The molecule has 1 atom stereocenters. The van der Waals surface area contributed by atoms with Crippen molar-refractivity contribution in [2.75, 3.05) is 5.32 Å². The number of halogens is 1. The predicted molar refractivity (Wildman–Crippen MR) is 121 cm³/mol. The van der Waals surface area contributed by atoms with Gasteiger partial charge in [-0.15, -0.1) is 0 Å². The first-order valence-corrected chi connectivity index (χ1v) is 11.4. The Balaban J connectivity index is 1.56. The van der Waals surface area contributed by atoms with Gasteiger partial charge in [-0.1, -0.05) is 0 Å². The van der Waals surface area contributed by atoms with E-state index in [1.165, 1.54) is 0 Å². The van der Waals surface area contributed by atoms with Gasteiger partial charge in [0.2, 0.25) is 5.91 Å². The zero-order valence-electron chi connectivity index (χ0n) is 16.8. The number of hydrogen-bond acceptors (Lipinski definition) is 3. The van der Waals surface area contributed by atoms with E-state index in [0.29, 0.717) is 17.5 Å². The molecular weight excluding hydrogens is 479 g/mol. The van der Waals surface area contributed by atoms with Gasteiger partial charge in [0.1, 0.15) is 11.7 Å². The quantitative estimate of drug-likeness (QED) is 0.526. The summed E-state index contributed by atoms with van der Waals surface area (Å²) in [6.45, 7) is 3.98. The van der Waals surface area contributed by atoms with E-state index in [1.54, 1.807) is 16.9 Å². The Morgan fingerprint density at radius 2 is 1.69 bits per heavy atom. The second-order valence-electron chi connectivity index (χ2n) is 8.45. The molecule has 2 aliphatic carbocycles. The second kappa shape index (κ2) is 8.45. The fraction of sp³-hybridized carbons (Fsp3) is 0.500. The van der Waals surface area contributed by atoms with Crippen molar-refractivity contribution in [1.29, 1.82) is 0 Å². The molecular formula is C22H27IN4O2. The van der Waals surface area contributed by atoms with E-state index >= 15 is 0 Å². The van der Waals surface area contributed by atoms with Gasteiger partial charge in [0.25, 0.3) is 5.91 Å². The van der Waals surface area contributed by atoms with Gasteiger partial charge in [-0.25, -0.2) is 0 Å². The van der Waals surface area contributed by atoms with Crippen molar-refractivity contribution in [2.45, 2.75) is 51.6 Å². The number of aromatic nitrogens is 2. The highest BCUT2D eigenvalue weighted by atomic mass is 127. The van der Waals surface area contributed by atoms with Crippen LogP contribution in [0.4, 0.5) is 5.69 Å². The minimum absolute atomic E-state index is 0.0764. The molecule has 1 unspecified atom stereocenters. The Bertz CT molecular complexity index is 872. The summed E-state index contributed by atoms with van der Waals surface area (Å²) in [6, 6.07) is 8.98. The largest absolute Gasteiger partial charge is 0.339 e. The zero-order valence-corrected chi connectivity index (χ0v) is 18.9. The standard InChI is InChI=1S/C22H27IN4O2/c1-13(2)27-18(11-12-24-27)21(28)26-20(19(14-3-4-14)15-5-6-15)22(29)25-17-9-7-16(23)8-10-17/h7-15,19-20H,3-6H2,1-2H3,(H,25,29)(H,26,28). The minimum atomic E-state index is -0.530. The average molecular weight is 506 g/mol. The predicted octanol–water partition coefficient (Wildman–Crippen LogP) is 4.24. The Hall–Kier alpha value is -1.90. The third kappa shape index (κ3) is 4.82. The topological polar surface area (TPSA) is 76.0 Å². The maximum absolute atomic E-state index is 13.3. The number of rotatable bonds is 8. The van der Waals surface area contributed by atoms with Gasteiger partial charge in [-0.05, 0) is 110 Å². The van der Waals surface area contributed by atoms with Crippen molar-refractivity contribution in [3.05, 3.63) is 45.8 Å². The molecule has 6 nitrogen and oxygen atoms in total. The van der Waals surface area contributed by atoms with Crippen LogP contribution in [0.2, 0.25) is 0 Å². The van der Waals surface area contributed by atoms with E-state index in [2.05, 4.69) is 38.3 Å². The Morgan fingerprint density at radius 3 is 2.24 bits per heavy atom. The smallest absolute Gasteiger partial charge is 0.270 e. The van der Waals surface area contributed by atoms with Gasteiger partial charge >= 0.3 is 0 Å². The zero-order chi connectivity index (χ0) is 20.5. The monoisotopic (exact) mass is 506 g/mol. The minimum Gasteiger partial charge on any atom is -0.339 e. The first kappa shape index (κ1) is 20.4. The Kier molecular flexibility index (Phi) is 5.94. The first-order valence-electron chi connectivity index (χ1n) is 10.3. The molecule has 1 heterocycles. The van der Waals surface area contributed by atoms with Gasteiger partial charge in [0, 0.05) is 21.5 Å². The first-order chi connectivity index (χ1) is 13.9. The molecule has 1 aromatic carbocycles. The van der Waals surface area contributed by atoms with Crippen molar-refractivity contribution < 1.29 is 9.59 Å². The van der Waals surface area contributed by atoms with Crippen molar-refractivity contribution in [3.63, 3.8) is 0 Å². The fourth-order valence-electron chi connectivity index (χ4n) is 4.10. The number of carbonyl (C=O) groups is 2. The molecule has 2 saturated carbocycles. The molecule has 2 N–H and O–H groups in total. The van der Waals surface area contributed by atoms with Crippen molar-refractivity contribution in [2.24, 2.45) is 17.8 Å². The van der Waals surface area contributed by atoms with Crippen LogP contribution in [0.15, 0.2) is 36.5 Å². The molecule has 0 aliphatic heterocycles.